The largest absolute Gasteiger partial charge is 0.310 e. The van der Waals surface area contributed by atoms with Crippen LogP contribution in [0, 0.1) is 0 Å². The maximum Gasteiger partial charge on any atom is 0.0714 e. The summed E-state index contributed by atoms with van der Waals surface area (Å²) in [7, 11) is 0. The maximum atomic E-state index is 10.4. The third-order valence-electron chi connectivity index (χ3n) is 19.0. The predicted octanol–water partition coefficient (Wildman–Crippen LogP) is 21.0. The normalized spacial score (nSPS) is 14.9. The van der Waals surface area contributed by atoms with E-state index in [1.165, 1.54) is 44.5 Å². The molecule has 0 radical (unpaired) electrons. The second kappa shape index (κ2) is 18.7. The SMILES string of the molecule is [2H]c1c([2H])c(N(c2ccc3c(c2)-c2ccccc2C3(C)C)c2ccc3c(c2)C(c2ccccc2)(c2ccccc2)c2ccccc2-3)c([2H])c([2H])c1-c1ccc2c(c1)c1cc(C3(c4ccccc4)c4ccccc4-c4ccccc43)ccc1n2-c1ccccc1. The first-order chi connectivity index (χ1) is 43.6. The molecule has 3 aliphatic carbocycles. The fraction of sp³-hybridized carbons (Fsp3) is 0.0602. The van der Waals surface area contributed by atoms with E-state index in [2.05, 4.69) is 297 Å². The monoisotopic (exact) mass is 1090 g/mol. The van der Waals surface area contributed by atoms with Gasteiger partial charge in [0.15, 0.2) is 0 Å². The fourth-order valence-corrected chi connectivity index (χ4v) is 15.4. The van der Waals surface area contributed by atoms with E-state index < -0.39 is 10.8 Å². The Hall–Kier alpha value is -10.5. The van der Waals surface area contributed by atoms with E-state index in [1.54, 1.807) is 0 Å². The number of para-hydroxylation sites is 1. The molecule has 13 aromatic carbocycles. The molecule has 0 aliphatic heterocycles. The summed E-state index contributed by atoms with van der Waals surface area (Å²) in [5, 5.41) is 1.95. The minimum absolute atomic E-state index is 0.121. The number of benzene rings is 13. The Balaban J connectivity index is 0.894. The molecule has 0 spiro atoms. The molecule has 0 atom stereocenters. The van der Waals surface area contributed by atoms with Gasteiger partial charge in [-0.1, -0.05) is 256 Å². The average molecular weight is 1090 g/mol. The van der Waals surface area contributed by atoms with Crippen molar-refractivity contribution >= 4 is 38.9 Å². The van der Waals surface area contributed by atoms with Crippen molar-refractivity contribution in [1.29, 1.82) is 0 Å². The number of hydrogen-bond donors (Lipinski definition) is 0. The molecule has 85 heavy (non-hydrogen) atoms. The summed E-state index contributed by atoms with van der Waals surface area (Å²) in [6.45, 7) is 4.54. The summed E-state index contributed by atoms with van der Waals surface area (Å²) < 4.78 is 43.7. The van der Waals surface area contributed by atoms with E-state index in [-0.39, 0.29) is 40.8 Å². The van der Waals surface area contributed by atoms with Gasteiger partial charge >= 0.3 is 0 Å². The molecule has 1 aromatic heterocycles. The molecular weight excluding hydrogens is 1020 g/mol. The molecule has 2 nitrogen and oxygen atoms in total. The van der Waals surface area contributed by atoms with Crippen molar-refractivity contribution in [2.45, 2.75) is 30.1 Å². The molecule has 17 rings (SSSR count). The Labute approximate surface area is 502 Å². The van der Waals surface area contributed by atoms with Crippen LogP contribution >= 0.6 is 0 Å². The molecule has 400 valence electrons. The summed E-state index contributed by atoms with van der Waals surface area (Å²) in [4.78, 5) is 1.99. The van der Waals surface area contributed by atoms with Crippen molar-refractivity contribution in [2.24, 2.45) is 0 Å². The highest BCUT2D eigenvalue weighted by molar-refractivity contribution is 6.11. The van der Waals surface area contributed by atoms with Gasteiger partial charge in [-0.15, -0.1) is 0 Å². The van der Waals surface area contributed by atoms with E-state index in [9.17, 15) is 5.48 Å². The molecule has 0 fully saturated rings. The standard InChI is InChI=1S/C83H58N2/c1-81(2)73-35-19-15-34-68(73)70-53-63(46-48-74(70)81)84(64-45-47-69-67-33-18-20-36-75(67)82(78(69)54-64,57-23-7-3-8-24-57)58-25-9-4-10-26-58)62-43-39-55(40-44-62)56-41-49-79-71(51-56)72-52-60(42-50-80(72)85(79)61-29-13-6-14-30-61)83(59-27-11-5-12-28-59)76-37-21-16-31-65(76)66-32-17-22-38-77(66)83/h3-54H,1-2H3/i39D,40D,43D,44D. The van der Waals surface area contributed by atoms with Crippen molar-refractivity contribution in [2.75, 3.05) is 4.90 Å². The van der Waals surface area contributed by atoms with Crippen LogP contribution < -0.4 is 4.90 Å². The number of aromatic nitrogens is 1. The quantitative estimate of drug-likeness (QED) is 0.140. The van der Waals surface area contributed by atoms with Crippen molar-refractivity contribution in [3.05, 3.63) is 371 Å². The minimum Gasteiger partial charge on any atom is -0.310 e. The number of hydrogen-bond acceptors (Lipinski definition) is 1. The number of rotatable bonds is 9. The van der Waals surface area contributed by atoms with Gasteiger partial charge in [-0.05, 0) is 173 Å². The second-order valence-electron chi connectivity index (χ2n) is 23.6. The molecule has 0 saturated heterocycles. The maximum absolute atomic E-state index is 10.4. The molecule has 14 aromatic rings. The smallest absolute Gasteiger partial charge is 0.0714 e. The summed E-state index contributed by atoms with van der Waals surface area (Å²) in [5.74, 6) is 0. The Bertz CT molecular complexity index is 5110. The first-order valence-corrected chi connectivity index (χ1v) is 29.5. The third kappa shape index (κ3) is 7.00. The van der Waals surface area contributed by atoms with Crippen LogP contribution in [0.15, 0.2) is 315 Å². The molecule has 0 unspecified atom stereocenters. The Morgan fingerprint density at radius 1 is 0.294 bits per heavy atom. The molecule has 0 saturated carbocycles. The average Bonchev–Trinajstić information content (AvgIpc) is 1.71. The highest BCUT2D eigenvalue weighted by atomic mass is 15.1. The molecule has 1 heterocycles. The zero-order chi connectivity index (χ0) is 59.9. The first kappa shape index (κ1) is 45.0. The van der Waals surface area contributed by atoms with E-state index >= 15 is 0 Å². The Morgan fingerprint density at radius 3 is 1.28 bits per heavy atom. The van der Waals surface area contributed by atoms with Crippen LogP contribution in [0.4, 0.5) is 17.1 Å². The van der Waals surface area contributed by atoms with Crippen LogP contribution in [0.1, 0.15) is 75.0 Å². The van der Waals surface area contributed by atoms with Crippen molar-refractivity contribution in [3.63, 3.8) is 0 Å². The van der Waals surface area contributed by atoms with Crippen LogP contribution in [0.3, 0.4) is 0 Å². The van der Waals surface area contributed by atoms with Crippen LogP contribution in [-0.4, -0.2) is 4.57 Å². The summed E-state index contributed by atoms with van der Waals surface area (Å²) >= 11 is 0. The number of nitrogens with zero attached hydrogens (tertiary/aromatic N) is 2. The lowest BCUT2D eigenvalue weighted by atomic mass is 9.67. The predicted molar refractivity (Wildman–Crippen MR) is 353 cm³/mol. The molecule has 0 N–H and O–H groups in total. The lowest BCUT2D eigenvalue weighted by molar-refractivity contribution is 0.660. The highest BCUT2D eigenvalue weighted by Crippen LogP contribution is 2.59. The lowest BCUT2D eigenvalue weighted by Crippen LogP contribution is -2.28. The molecular formula is C83H58N2. The highest BCUT2D eigenvalue weighted by Gasteiger charge is 2.48. The number of anilines is 3. The van der Waals surface area contributed by atoms with Crippen LogP contribution in [0.2, 0.25) is 0 Å². The van der Waals surface area contributed by atoms with Gasteiger partial charge in [0.25, 0.3) is 0 Å². The minimum atomic E-state index is -0.729. The van der Waals surface area contributed by atoms with Crippen LogP contribution in [0.25, 0.3) is 72.0 Å². The van der Waals surface area contributed by atoms with Gasteiger partial charge in [-0.3, -0.25) is 0 Å². The van der Waals surface area contributed by atoms with Gasteiger partial charge in [0, 0.05) is 38.9 Å². The van der Waals surface area contributed by atoms with Gasteiger partial charge < -0.3 is 9.47 Å². The fourth-order valence-electron chi connectivity index (χ4n) is 15.4. The number of fused-ring (bicyclic) bond motifs is 12. The van der Waals surface area contributed by atoms with Crippen molar-refractivity contribution in [1.82, 2.24) is 4.57 Å². The van der Waals surface area contributed by atoms with Gasteiger partial charge in [-0.25, -0.2) is 0 Å². The zero-order valence-corrected chi connectivity index (χ0v) is 47.1. The Kier molecular flexibility index (Phi) is 9.93. The summed E-state index contributed by atoms with van der Waals surface area (Å²) in [5.41, 5.74) is 22.4. The third-order valence-corrected chi connectivity index (χ3v) is 19.0. The van der Waals surface area contributed by atoms with Crippen molar-refractivity contribution in [3.8, 4) is 50.2 Å². The van der Waals surface area contributed by atoms with E-state index in [0.717, 1.165) is 83.4 Å². The molecule has 3 aliphatic rings. The van der Waals surface area contributed by atoms with E-state index in [1.807, 2.05) is 17.0 Å². The van der Waals surface area contributed by atoms with Gasteiger partial charge in [0.2, 0.25) is 0 Å². The van der Waals surface area contributed by atoms with Gasteiger partial charge in [0.1, 0.15) is 0 Å². The summed E-state index contributed by atoms with van der Waals surface area (Å²) in [6.07, 6.45) is 0. The molecule has 0 bridgehead atoms. The van der Waals surface area contributed by atoms with Crippen molar-refractivity contribution < 1.29 is 5.48 Å². The topological polar surface area (TPSA) is 8.17 Å². The first-order valence-electron chi connectivity index (χ1n) is 31.5. The van der Waals surface area contributed by atoms with E-state index in [4.69, 9.17) is 0 Å². The summed E-state index contributed by atoms with van der Waals surface area (Å²) in [6, 6.07) is 103. The molecule has 2 heteroatoms. The van der Waals surface area contributed by atoms with Crippen LogP contribution in [-0.2, 0) is 16.2 Å². The van der Waals surface area contributed by atoms with Gasteiger partial charge in [-0.2, -0.15) is 0 Å². The second-order valence-corrected chi connectivity index (χ2v) is 23.6. The lowest BCUT2D eigenvalue weighted by Gasteiger charge is -2.35. The molecule has 0 amide bonds. The zero-order valence-electron chi connectivity index (χ0n) is 51.1. The van der Waals surface area contributed by atoms with Crippen LogP contribution in [0.5, 0.6) is 0 Å². The Morgan fingerprint density at radius 2 is 0.718 bits per heavy atom. The van der Waals surface area contributed by atoms with Gasteiger partial charge in [0.05, 0.1) is 27.3 Å². The van der Waals surface area contributed by atoms with E-state index in [0.29, 0.717) is 5.56 Å².